The molecule has 15 heterocycles. The largest absolute Gasteiger partial charge is 0.296 e. The van der Waals surface area contributed by atoms with Gasteiger partial charge in [-0.3, -0.25) is 22.0 Å². The molecule has 12 heteroatoms. The number of fused-ring (bicyclic) bond motifs is 15. The summed E-state index contributed by atoms with van der Waals surface area (Å²) in [6.07, 6.45) is 15.7. The Kier molecular flexibility index (Phi) is 13.3. The Morgan fingerprint density at radius 3 is 1.38 bits per heavy atom. The summed E-state index contributed by atoms with van der Waals surface area (Å²) in [6, 6.07) is 85.1. The number of hydrogen-bond acceptors (Lipinski definition) is 7. The standard InChI is InChI=1S/C25H20N2.C18H14N2.C17H10N2.2C16H10N2S/c1-15-5-3-6-16(2)23(15)18-10-12-21-22(13-18)20-8-4-7-17-9-11-19-14-26-25(21)27(19)24(17)20;1-2-9-16-14(8-1)15-10-4-6-12-5-3-7-13-11-19-18(16)20(13)17(12)15;1-2-6-15-13(5-1)14-7-3-4-11-8-9-12-10-18-17(15)19(12)16(11)14;1-2-6-13-11(5-1)12-7-3-4-10-9-19-14-8-17-16(13)18(14)15(10)12;1-2-5-13-11(4-1)12-6-3-7-14-15(12)18-10(9-19-14)8-17-16(13)18/h3-8,10,12-14H,9,11H2,1-2H3;1-2,4,6,8-11H,3,5,7H2;1-10H;2*1-8H,9H2. The quantitative estimate of drug-likeness (QED) is 0.120. The highest BCUT2D eigenvalue weighted by Crippen LogP contribution is 2.44. The predicted octanol–water partition coefficient (Wildman–Crippen LogP) is 22.9. The van der Waals surface area contributed by atoms with Crippen LogP contribution in [0.5, 0.6) is 0 Å². The second-order valence-corrected chi connectivity index (χ2v) is 30.1. The van der Waals surface area contributed by atoms with Gasteiger partial charge < -0.3 is 0 Å². The number of pyridine rings is 6. The molecule has 494 valence electrons. The van der Waals surface area contributed by atoms with E-state index < -0.39 is 0 Å². The SMILES string of the molecule is Cc1cccc(C)c1-c1ccc2c(c1)c1cccc3c1n1c(cnc21)CC3.c1ccc2c(c1)c1cccc3c1n1c(cnc21)CCC3.c1ccc2c(c1)c1cccc3c1n1c(cnc21)CS3.c1ccc2c(c1)c1cccc3c1n1c(cnc21)SC3.c1ccc2c(c1)c1cccc3ccc4cnc2n4c31. The molecule has 0 fully saturated rings. The van der Waals surface area contributed by atoms with Crippen molar-refractivity contribution < 1.29 is 0 Å². The topological polar surface area (TPSA) is 86.5 Å². The number of aromatic nitrogens is 10. The van der Waals surface area contributed by atoms with E-state index in [2.05, 4.69) is 300 Å². The Morgan fingerprint density at radius 2 is 0.740 bits per heavy atom. The molecule has 10 nitrogen and oxygen atoms in total. The molecule has 104 heavy (non-hydrogen) atoms. The van der Waals surface area contributed by atoms with Crippen molar-refractivity contribution in [3.05, 3.63) is 312 Å². The van der Waals surface area contributed by atoms with Gasteiger partial charge in [-0.2, -0.15) is 0 Å². The molecule has 11 aromatic carbocycles. The maximum Gasteiger partial charge on any atom is 0.146 e. The fraction of sp³-hybridized carbons (Fsp3) is 0.0978. The van der Waals surface area contributed by atoms with Gasteiger partial charge in [0.15, 0.2) is 0 Å². The summed E-state index contributed by atoms with van der Waals surface area (Å²) in [4.78, 5) is 24.8. The van der Waals surface area contributed by atoms with Crippen molar-refractivity contribution >= 4 is 171 Å². The monoisotopic (exact) mass is 1370 g/mol. The lowest BCUT2D eigenvalue weighted by Gasteiger charge is -2.19. The Bertz CT molecular complexity index is 7210. The normalized spacial score (nSPS) is 13.5. The lowest BCUT2D eigenvalue weighted by molar-refractivity contribution is 0.819. The molecule has 0 unspecified atom stereocenters. The summed E-state index contributed by atoms with van der Waals surface area (Å²) < 4.78 is 11.7. The molecular formula is C92H64N10S2. The smallest absolute Gasteiger partial charge is 0.146 e. The van der Waals surface area contributed by atoms with E-state index in [1.165, 1.54) is 186 Å². The van der Waals surface area contributed by atoms with Crippen molar-refractivity contribution in [3.63, 3.8) is 0 Å². The average molecular weight is 1370 g/mol. The Hall–Kier alpha value is -12.1. The van der Waals surface area contributed by atoms with Gasteiger partial charge in [0.1, 0.15) is 33.3 Å². The third-order valence-electron chi connectivity index (χ3n) is 22.4. The number of rotatable bonds is 1. The molecule has 4 aliphatic heterocycles. The van der Waals surface area contributed by atoms with Crippen LogP contribution < -0.4 is 0 Å². The lowest BCUT2D eigenvalue weighted by atomic mass is 9.92. The highest BCUT2D eigenvalue weighted by molar-refractivity contribution is 7.99. The molecule has 0 radical (unpaired) electrons. The van der Waals surface area contributed by atoms with Crippen LogP contribution in [0.1, 0.15) is 51.3 Å². The Balaban J connectivity index is 0.0000000822. The van der Waals surface area contributed by atoms with Gasteiger partial charge in [-0.05, 0) is 141 Å². The van der Waals surface area contributed by atoms with E-state index in [1.807, 2.05) is 42.1 Å². The summed E-state index contributed by atoms with van der Waals surface area (Å²) in [5.74, 6) is 2.04. The van der Waals surface area contributed by atoms with Gasteiger partial charge in [0.05, 0.1) is 57.4 Å². The van der Waals surface area contributed by atoms with Crippen LogP contribution in [0.15, 0.2) is 277 Å². The van der Waals surface area contributed by atoms with Gasteiger partial charge in [0.25, 0.3) is 0 Å². The number of para-hydroxylation sites is 5. The fourth-order valence-electron chi connectivity index (χ4n) is 17.9. The molecule has 26 rings (SSSR count). The summed E-state index contributed by atoms with van der Waals surface area (Å²) in [6.45, 7) is 4.40. The highest BCUT2D eigenvalue weighted by Gasteiger charge is 2.25. The zero-order valence-corrected chi connectivity index (χ0v) is 58.8. The molecule has 22 aromatic rings. The van der Waals surface area contributed by atoms with Gasteiger partial charge in [-0.15, -0.1) is 23.5 Å². The van der Waals surface area contributed by atoms with Crippen molar-refractivity contribution in [2.45, 2.75) is 67.4 Å². The Morgan fingerprint density at radius 1 is 0.288 bits per heavy atom. The maximum atomic E-state index is 4.80. The van der Waals surface area contributed by atoms with Crippen LogP contribution >= 0.6 is 23.5 Å². The lowest BCUT2D eigenvalue weighted by Crippen LogP contribution is -2.07. The van der Waals surface area contributed by atoms with Gasteiger partial charge in [0.2, 0.25) is 0 Å². The molecule has 0 atom stereocenters. The fourth-order valence-corrected chi connectivity index (χ4v) is 19.9. The van der Waals surface area contributed by atoms with Gasteiger partial charge in [0, 0.05) is 94.0 Å². The minimum absolute atomic E-state index is 1.01. The van der Waals surface area contributed by atoms with E-state index in [4.69, 9.17) is 9.97 Å². The van der Waals surface area contributed by atoms with E-state index in [-0.39, 0.29) is 0 Å². The molecule has 11 aromatic heterocycles. The first-order chi connectivity index (χ1) is 51.5. The van der Waals surface area contributed by atoms with E-state index in [0.717, 1.165) is 70.9 Å². The third-order valence-corrected chi connectivity index (χ3v) is 24.6. The first kappa shape index (κ1) is 59.6. The Labute approximate surface area is 604 Å². The molecule has 0 bridgehead atoms. The van der Waals surface area contributed by atoms with Gasteiger partial charge >= 0.3 is 0 Å². The van der Waals surface area contributed by atoms with Crippen molar-refractivity contribution in [2.24, 2.45) is 0 Å². The van der Waals surface area contributed by atoms with Crippen molar-refractivity contribution in [1.82, 2.24) is 46.9 Å². The molecule has 0 aliphatic carbocycles. The predicted molar refractivity (Wildman–Crippen MR) is 433 cm³/mol. The van der Waals surface area contributed by atoms with Crippen LogP contribution in [0, 0.1) is 13.8 Å². The maximum absolute atomic E-state index is 4.80. The number of hydrogen-bond donors (Lipinski definition) is 0. The van der Waals surface area contributed by atoms with E-state index in [9.17, 15) is 0 Å². The molecule has 0 spiro atoms. The molecule has 4 aliphatic rings. The third kappa shape index (κ3) is 8.82. The summed E-state index contributed by atoms with van der Waals surface area (Å²) in [5.41, 5.74) is 26.8. The first-order valence-corrected chi connectivity index (χ1v) is 38.0. The number of benzene rings is 11. The van der Waals surface area contributed by atoms with Gasteiger partial charge in [-0.25, -0.2) is 24.9 Å². The molecule has 0 saturated heterocycles. The van der Waals surface area contributed by atoms with Crippen LogP contribution in [0.3, 0.4) is 0 Å². The van der Waals surface area contributed by atoms with Crippen LogP contribution in [0.25, 0.3) is 159 Å². The van der Waals surface area contributed by atoms with E-state index >= 15 is 0 Å². The van der Waals surface area contributed by atoms with Crippen LogP contribution in [-0.2, 0) is 37.2 Å². The molecule has 0 N–H and O–H groups in total. The molecule has 0 amide bonds. The number of aryl methyl sites for hydroxylation is 6. The first-order valence-electron chi connectivity index (χ1n) is 36.0. The average Bonchev–Trinajstić information content (AvgIpc) is 1.49. The zero-order valence-electron chi connectivity index (χ0n) is 57.1. The van der Waals surface area contributed by atoms with Gasteiger partial charge in [-0.1, -0.05) is 212 Å². The summed E-state index contributed by atoms with van der Waals surface area (Å²) in [5, 5.41) is 21.8. The summed E-state index contributed by atoms with van der Waals surface area (Å²) in [7, 11) is 0. The molecule has 0 saturated carbocycles. The highest BCUT2D eigenvalue weighted by atomic mass is 32.2. The van der Waals surface area contributed by atoms with Crippen molar-refractivity contribution in [1.29, 1.82) is 0 Å². The van der Waals surface area contributed by atoms with E-state index in [1.54, 1.807) is 0 Å². The number of nitrogens with zero attached hydrogens (tertiary/aromatic N) is 10. The van der Waals surface area contributed by atoms with Crippen molar-refractivity contribution in [2.75, 3.05) is 0 Å². The zero-order chi connectivity index (χ0) is 68.4. The van der Waals surface area contributed by atoms with Crippen LogP contribution in [0.4, 0.5) is 0 Å². The van der Waals surface area contributed by atoms with Crippen LogP contribution in [-0.4, -0.2) is 46.9 Å². The van der Waals surface area contributed by atoms with Crippen LogP contribution in [0.2, 0.25) is 0 Å². The van der Waals surface area contributed by atoms with Crippen molar-refractivity contribution in [3.8, 4) is 11.1 Å². The second-order valence-electron chi connectivity index (χ2n) is 28.1. The number of imidazole rings is 5. The number of thioether (sulfide) groups is 2. The summed E-state index contributed by atoms with van der Waals surface area (Å²) >= 11 is 3.78. The van der Waals surface area contributed by atoms with E-state index in [0.29, 0.717) is 0 Å². The minimum atomic E-state index is 1.01. The molecular weight excluding hydrogens is 1310 g/mol. The second kappa shape index (κ2) is 23.2. The minimum Gasteiger partial charge on any atom is -0.296 e.